The second-order valence-corrected chi connectivity index (χ2v) is 10.4. The Morgan fingerprint density at radius 3 is 2.42 bits per heavy atom. The minimum Gasteiger partial charge on any atom is -0.479 e. The van der Waals surface area contributed by atoms with E-state index in [2.05, 4.69) is 30.3 Å². The third-order valence-corrected chi connectivity index (χ3v) is 7.04. The molecule has 4 aromatic rings. The molecule has 0 aliphatic heterocycles. The summed E-state index contributed by atoms with van der Waals surface area (Å²) in [6.45, 7) is 7.55. The second kappa shape index (κ2) is 6.88. The van der Waals surface area contributed by atoms with Gasteiger partial charge in [-0.15, -0.1) is 0 Å². The summed E-state index contributed by atoms with van der Waals surface area (Å²) >= 11 is 0. The van der Waals surface area contributed by atoms with Gasteiger partial charge in [-0.25, -0.2) is 4.79 Å². The van der Waals surface area contributed by atoms with E-state index in [0.29, 0.717) is 23.1 Å². The summed E-state index contributed by atoms with van der Waals surface area (Å²) in [5, 5.41) is 13.7. The van der Waals surface area contributed by atoms with Gasteiger partial charge in [-0.3, -0.25) is 4.98 Å². The number of aliphatic carboxylic acids is 1. The Morgan fingerprint density at radius 2 is 1.70 bits per heavy atom. The van der Waals surface area contributed by atoms with E-state index in [1.807, 2.05) is 52.0 Å². The van der Waals surface area contributed by atoms with E-state index < -0.39 is 17.7 Å². The molecule has 0 spiro atoms. The molecule has 166 valence electrons. The first kappa shape index (κ1) is 20.4. The Hall–Kier alpha value is -3.24. The second-order valence-electron chi connectivity index (χ2n) is 10.4. The van der Waals surface area contributed by atoms with Gasteiger partial charge in [0.2, 0.25) is 0 Å². The van der Waals surface area contributed by atoms with Gasteiger partial charge in [0.15, 0.2) is 6.10 Å². The zero-order chi connectivity index (χ0) is 23.1. The number of aromatic nitrogens is 1. The van der Waals surface area contributed by atoms with Crippen molar-refractivity contribution >= 4 is 27.6 Å². The average Bonchev–Trinajstić information content (AvgIpc) is 3.49. The zero-order valence-corrected chi connectivity index (χ0v) is 19.3. The van der Waals surface area contributed by atoms with Gasteiger partial charge in [-0.1, -0.05) is 48.5 Å². The van der Waals surface area contributed by atoms with Crippen LogP contribution in [0.25, 0.3) is 32.8 Å². The Morgan fingerprint density at radius 1 is 1.00 bits per heavy atom. The van der Waals surface area contributed by atoms with Crippen LogP contribution in [0.5, 0.6) is 0 Å². The quantitative estimate of drug-likeness (QED) is 0.378. The summed E-state index contributed by atoms with van der Waals surface area (Å²) in [6.07, 6.45) is 0.127. The van der Waals surface area contributed by atoms with E-state index >= 15 is 0 Å². The topological polar surface area (TPSA) is 59.4 Å². The molecule has 3 atom stereocenters. The number of benzene rings is 3. The number of carboxylic acid groups (broad SMARTS) is 1. The van der Waals surface area contributed by atoms with Crippen LogP contribution >= 0.6 is 0 Å². The molecule has 4 nitrogen and oxygen atoms in total. The fourth-order valence-electron chi connectivity index (χ4n) is 5.73. The van der Waals surface area contributed by atoms with Crippen LogP contribution < -0.4 is 0 Å². The van der Waals surface area contributed by atoms with E-state index in [9.17, 15) is 9.90 Å². The monoisotopic (exact) mass is 437 g/mol. The van der Waals surface area contributed by atoms with Crippen molar-refractivity contribution in [2.24, 2.45) is 0 Å². The lowest BCUT2D eigenvalue weighted by Gasteiger charge is -2.28. The van der Waals surface area contributed by atoms with E-state index in [0.717, 1.165) is 22.0 Å². The molecule has 33 heavy (non-hydrogen) atoms. The molecular weight excluding hydrogens is 410 g/mol. The lowest BCUT2D eigenvalue weighted by molar-refractivity contribution is -0.160. The molecule has 1 aromatic heterocycles. The van der Waals surface area contributed by atoms with Crippen molar-refractivity contribution in [1.29, 1.82) is 0 Å². The van der Waals surface area contributed by atoms with Crippen LogP contribution in [0.1, 0.15) is 67.5 Å². The van der Waals surface area contributed by atoms with Crippen molar-refractivity contribution in [3.8, 4) is 11.1 Å². The lowest BCUT2D eigenvalue weighted by atomic mass is 9.86. The predicted octanol–water partition coefficient (Wildman–Crippen LogP) is 6.89. The molecule has 1 heterocycles. The zero-order valence-electron chi connectivity index (χ0n) is 19.3. The summed E-state index contributed by atoms with van der Waals surface area (Å²) in [5.74, 6) is 0.286. The SMILES string of the molecule is Cc1nc2ccccc2c(-c2ccc3c4c(cccc24)C2CC32)c1[C@H](OC(C)(C)C)C(=O)O. The number of fused-ring (bicyclic) bond motifs is 4. The number of hydrogen-bond acceptors (Lipinski definition) is 3. The highest BCUT2D eigenvalue weighted by atomic mass is 16.5. The third-order valence-electron chi connectivity index (χ3n) is 7.04. The van der Waals surface area contributed by atoms with Gasteiger partial charge in [-0.05, 0) is 85.0 Å². The number of para-hydroxylation sites is 1. The van der Waals surface area contributed by atoms with Gasteiger partial charge in [0.05, 0.1) is 11.1 Å². The average molecular weight is 438 g/mol. The Kier molecular flexibility index (Phi) is 4.25. The Balaban J connectivity index is 1.71. The molecule has 0 amide bonds. The predicted molar refractivity (Wildman–Crippen MR) is 131 cm³/mol. The number of pyridine rings is 1. The van der Waals surface area contributed by atoms with E-state index in [-0.39, 0.29) is 0 Å². The molecule has 2 aliphatic rings. The van der Waals surface area contributed by atoms with Crippen molar-refractivity contribution in [2.75, 3.05) is 0 Å². The maximum absolute atomic E-state index is 12.5. The summed E-state index contributed by atoms with van der Waals surface area (Å²) in [6, 6.07) is 19.0. The van der Waals surface area contributed by atoms with Crippen LogP contribution in [0.4, 0.5) is 0 Å². The summed E-state index contributed by atoms with van der Waals surface area (Å²) < 4.78 is 6.13. The van der Waals surface area contributed by atoms with Gasteiger partial charge in [0, 0.05) is 16.6 Å². The lowest BCUT2D eigenvalue weighted by Crippen LogP contribution is -2.28. The van der Waals surface area contributed by atoms with Gasteiger partial charge < -0.3 is 9.84 Å². The van der Waals surface area contributed by atoms with Gasteiger partial charge in [0.25, 0.3) is 0 Å². The standard InChI is InChI=1S/C29H27NO3/c1-15-24(27(28(31)32)33-29(2,3)4)26(20-8-5-6-11-23(20)30-15)18-12-13-19-22-14-21(22)17-10-7-9-16(18)25(17)19/h5-13,21-22,27H,14H2,1-4H3,(H,31,32)/t21?,22?,27-/m0/s1. The first-order valence-corrected chi connectivity index (χ1v) is 11.6. The van der Waals surface area contributed by atoms with Crippen molar-refractivity contribution < 1.29 is 14.6 Å². The van der Waals surface area contributed by atoms with Crippen molar-refractivity contribution in [1.82, 2.24) is 4.98 Å². The normalized spacial score (nSPS) is 19.6. The highest BCUT2D eigenvalue weighted by molar-refractivity contribution is 6.09. The molecule has 4 heteroatoms. The van der Waals surface area contributed by atoms with Crippen LogP contribution in [-0.4, -0.2) is 21.7 Å². The fourth-order valence-corrected chi connectivity index (χ4v) is 5.73. The number of nitrogens with zero attached hydrogens (tertiary/aromatic N) is 1. The van der Waals surface area contributed by atoms with Crippen LogP contribution in [0.15, 0.2) is 54.6 Å². The fraction of sp³-hybridized carbons (Fsp3) is 0.310. The maximum Gasteiger partial charge on any atom is 0.337 e. The molecule has 1 N–H and O–H groups in total. The molecule has 2 aliphatic carbocycles. The minimum atomic E-state index is -1.12. The summed E-state index contributed by atoms with van der Waals surface area (Å²) in [4.78, 5) is 17.3. The van der Waals surface area contributed by atoms with Crippen LogP contribution in [0.2, 0.25) is 0 Å². The molecule has 1 saturated carbocycles. The smallest absolute Gasteiger partial charge is 0.337 e. The number of hydrogen-bond donors (Lipinski definition) is 1. The van der Waals surface area contributed by atoms with Crippen molar-refractivity contribution in [2.45, 2.75) is 57.7 Å². The van der Waals surface area contributed by atoms with Gasteiger partial charge in [-0.2, -0.15) is 0 Å². The third kappa shape index (κ3) is 3.08. The number of aryl methyl sites for hydroxylation is 1. The minimum absolute atomic E-state index is 0.623. The number of rotatable bonds is 4. The first-order valence-electron chi connectivity index (χ1n) is 11.6. The van der Waals surface area contributed by atoms with Crippen molar-refractivity contribution in [3.63, 3.8) is 0 Å². The molecular formula is C29H27NO3. The van der Waals surface area contributed by atoms with E-state index in [1.54, 1.807) is 0 Å². The molecule has 0 radical (unpaired) electrons. The largest absolute Gasteiger partial charge is 0.479 e. The molecule has 2 unspecified atom stereocenters. The maximum atomic E-state index is 12.5. The highest BCUT2D eigenvalue weighted by Gasteiger charge is 2.46. The highest BCUT2D eigenvalue weighted by Crippen LogP contribution is 2.63. The van der Waals surface area contributed by atoms with E-state index in [4.69, 9.17) is 9.72 Å². The Bertz CT molecular complexity index is 1450. The van der Waals surface area contributed by atoms with Crippen LogP contribution in [0.3, 0.4) is 0 Å². The first-order chi connectivity index (χ1) is 15.7. The van der Waals surface area contributed by atoms with E-state index in [1.165, 1.54) is 28.3 Å². The van der Waals surface area contributed by atoms with Crippen molar-refractivity contribution in [3.05, 3.63) is 77.0 Å². The Labute approximate surface area is 193 Å². The van der Waals surface area contributed by atoms with Crippen LogP contribution in [0, 0.1) is 6.92 Å². The summed E-state index contributed by atoms with van der Waals surface area (Å²) in [7, 11) is 0. The molecule has 3 aromatic carbocycles. The number of carboxylic acids is 1. The summed E-state index contributed by atoms with van der Waals surface area (Å²) in [5.41, 5.74) is 6.41. The molecule has 0 bridgehead atoms. The number of carbonyl (C=O) groups is 1. The number of ether oxygens (including phenoxy) is 1. The molecule has 1 fully saturated rings. The molecule has 6 rings (SSSR count). The molecule has 0 saturated heterocycles. The van der Waals surface area contributed by atoms with Gasteiger partial charge in [0.1, 0.15) is 0 Å². The van der Waals surface area contributed by atoms with Gasteiger partial charge >= 0.3 is 5.97 Å². The van der Waals surface area contributed by atoms with Crippen LogP contribution in [-0.2, 0) is 9.53 Å².